The second-order valence-electron chi connectivity index (χ2n) is 6.58. The molecule has 0 spiro atoms. The Balaban J connectivity index is 1.79. The number of amides is 1. The van der Waals surface area contributed by atoms with Crippen LogP contribution < -0.4 is 14.8 Å². The van der Waals surface area contributed by atoms with Crippen LogP contribution in [0.15, 0.2) is 65.7 Å². The number of para-hydroxylation sites is 1. The summed E-state index contributed by atoms with van der Waals surface area (Å²) in [5, 5.41) is 7.02. The van der Waals surface area contributed by atoms with Gasteiger partial charge in [-0.05, 0) is 50.2 Å². The SMILES string of the molecule is COc1cn(-c2ccccc2)nc1C(=O)Nc1ccc(S(=O)(=O)NC(C)C)cc1. The minimum atomic E-state index is -3.59. The Morgan fingerprint density at radius 1 is 1.07 bits per heavy atom. The lowest BCUT2D eigenvalue weighted by Gasteiger charge is -2.10. The van der Waals surface area contributed by atoms with Gasteiger partial charge in [-0.2, -0.15) is 5.10 Å². The highest BCUT2D eigenvalue weighted by molar-refractivity contribution is 7.89. The van der Waals surface area contributed by atoms with Crippen molar-refractivity contribution in [2.45, 2.75) is 24.8 Å². The van der Waals surface area contributed by atoms with Crippen LogP contribution in [0.2, 0.25) is 0 Å². The van der Waals surface area contributed by atoms with Gasteiger partial charge < -0.3 is 10.1 Å². The third-order valence-corrected chi connectivity index (χ3v) is 5.62. The number of methoxy groups -OCH3 is 1. The standard InChI is InChI=1S/C20H22N4O4S/c1-14(2)23-29(26,27)17-11-9-15(10-12-17)21-20(25)19-18(28-3)13-24(22-19)16-7-5-4-6-8-16/h4-14,23H,1-3H3,(H,21,25). The van der Waals surface area contributed by atoms with Crippen molar-refractivity contribution in [2.75, 3.05) is 12.4 Å². The zero-order valence-electron chi connectivity index (χ0n) is 16.3. The van der Waals surface area contributed by atoms with Crippen LogP contribution in [0.25, 0.3) is 5.69 Å². The summed E-state index contributed by atoms with van der Waals surface area (Å²) in [5.41, 5.74) is 1.35. The molecule has 2 N–H and O–H groups in total. The Morgan fingerprint density at radius 2 is 1.72 bits per heavy atom. The van der Waals surface area contributed by atoms with E-state index in [1.54, 1.807) is 24.7 Å². The highest BCUT2D eigenvalue weighted by Crippen LogP contribution is 2.21. The molecule has 29 heavy (non-hydrogen) atoms. The van der Waals surface area contributed by atoms with Gasteiger partial charge >= 0.3 is 0 Å². The second kappa shape index (κ2) is 8.46. The van der Waals surface area contributed by atoms with Crippen molar-refractivity contribution in [1.82, 2.24) is 14.5 Å². The lowest BCUT2D eigenvalue weighted by atomic mass is 10.3. The van der Waals surface area contributed by atoms with Crippen molar-refractivity contribution in [2.24, 2.45) is 0 Å². The Bertz CT molecular complexity index is 1090. The molecule has 9 heteroatoms. The average Bonchev–Trinajstić information content (AvgIpc) is 3.13. The predicted molar refractivity (Wildman–Crippen MR) is 110 cm³/mol. The van der Waals surface area contributed by atoms with Gasteiger partial charge in [0.15, 0.2) is 11.4 Å². The van der Waals surface area contributed by atoms with Gasteiger partial charge in [0, 0.05) is 11.7 Å². The van der Waals surface area contributed by atoms with E-state index < -0.39 is 15.9 Å². The van der Waals surface area contributed by atoms with Crippen LogP contribution in [0.5, 0.6) is 5.75 Å². The molecule has 3 aromatic rings. The van der Waals surface area contributed by atoms with Gasteiger partial charge in [0.1, 0.15) is 0 Å². The van der Waals surface area contributed by atoms with E-state index >= 15 is 0 Å². The van der Waals surface area contributed by atoms with Crippen molar-refractivity contribution in [3.63, 3.8) is 0 Å². The highest BCUT2D eigenvalue weighted by Gasteiger charge is 2.19. The maximum Gasteiger partial charge on any atom is 0.280 e. The van der Waals surface area contributed by atoms with Crippen LogP contribution in [0.4, 0.5) is 5.69 Å². The summed E-state index contributed by atoms with van der Waals surface area (Å²) < 4.78 is 33.7. The maximum absolute atomic E-state index is 12.7. The molecule has 3 rings (SSSR count). The maximum atomic E-state index is 12.7. The van der Waals surface area contributed by atoms with Gasteiger partial charge in [-0.15, -0.1) is 0 Å². The molecule has 1 amide bonds. The molecule has 0 aliphatic rings. The number of hydrogen-bond donors (Lipinski definition) is 2. The Kier molecular flexibility index (Phi) is 6.00. The summed E-state index contributed by atoms with van der Waals surface area (Å²) in [5.74, 6) is -0.140. The van der Waals surface area contributed by atoms with Gasteiger partial charge in [-0.1, -0.05) is 18.2 Å². The van der Waals surface area contributed by atoms with Crippen molar-refractivity contribution < 1.29 is 17.9 Å². The molecule has 1 heterocycles. The lowest BCUT2D eigenvalue weighted by Crippen LogP contribution is -2.30. The quantitative estimate of drug-likeness (QED) is 0.619. The molecule has 0 saturated carbocycles. The first kappa shape index (κ1) is 20.6. The van der Waals surface area contributed by atoms with E-state index in [0.717, 1.165) is 5.69 Å². The molecule has 0 aliphatic heterocycles. The fourth-order valence-electron chi connectivity index (χ4n) is 2.66. The Hall–Kier alpha value is -3.17. The van der Waals surface area contributed by atoms with E-state index in [-0.39, 0.29) is 16.6 Å². The molecule has 0 radical (unpaired) electrons. The number of nitrogens with zero attached hydrogens (tertiary/aromatic N) is 2. The molecule has 0 bridgehead atoms. The van der Waals surface area contributed by atoms with Crippen molar-refractivity contribution in [3.05, 3.63) is 66.5 Å². The van der Waals surface area contributed by atoms with E-state index in [2.05, 4.69) is 15.1 Å². The fraction of sp³-hybridized carbons (Fsp3) is 0.200. The molecule has 152 valence electrons. The smallest absolute Gasteiger partial charge is 0.280 e. The normalized spacial score (nSPS) is 11.4. The number of carbonyl (C=O) groups is 1. The molecule has 0 aliphatic carbocycles. The van der Waals surface area contributed by atoms with E-state index in [0.29, 0.717) is 11.4 Å². The number of hydrogen-bond acceptors (Lipinski definition) is 5. The van der Waals surface area contributed by atoms with Crippen LogP contribution in [-0.4, -0.2) is 37.3 Å². The van der Waals surface area contributed by atoms with E-state index in [9.17, 15) is 13.2 Å². The number of nitrogens with one attached hydrogen (secondary N) is 2. The summed E-state index contributed by atoms with van der Waals surface area (Å²) in [6, 6.07) is 15.0. The van der Waals surface area contributed by atoms with Crippen LogP contribution in [0.3, 0.4) is 0 Å². The van der Waals surface area contributed by atoms with Crippen LogP contribution in [0.1, 0.15) is 24.3 Å². The number of aromatic nitrogens is 2. The number of sulfonamides is 1. The number of benzene rings is 2. The molecule has 1 aromatic heterocycles. The molecular formula is C20H22N4O4S. The van der Waals surface area contributed by atoms with E-state index in [4.69, 9.17) is 4.74 Å². The van der Waals surface area contributed by atoms with Crippen LogP contribution in [-0.2, 0) is 10.0 Å². The van der Waals surface area contributed by atoms with Gasteiger partial charge in [0.05, 0.1) is 23.9 Å². The fourth-order valence-corrected chi connectivity index (χ4v) is 3.91. The predicted octanol–water partition coefficient (Wildman–Crippen LogP) is 2.82. The molecular weight excluding hydrogens is 392 g/mol. The molecule has 0 saturated heterocycles. The molecule has 0 fully saturated rings. The summed E-state index contributed by atoms with van der Waals surface area (Å²) in [4.78, 5) is 12.8. The topological polar surface area (TPSA) is 102 Å². The summed E-state index contributed by atoms with van der Waals surface area (Å²) >= 11 is 0. The zero-order chi connectivity index (χ0) is 21.0. The first-order valence-electron chi connectivity index (χ1n) is 8.93. The third-order valence-electron chi connectivity index (χ3n) is 3.95. The van der Waals surface area contributed by atoms with E-state index in [1.807, 2.05) is 30.3 Å². The zero-order valence-corrected chi connectivity index (χ0v) is 17.1. The van der Waals surface area contributed by atoms with Gasteiger partial charge in [0.25, 0.3) is 5.91 Å². The first-order chi connectivity index (χ1) is 13.8. The minimum absolute atomic E-state index is 0.120. The van der Waals surface area contributed by atoms with Crippen molar-refractivity contribution in [1.29, 1.82) is 0 Å². The van der Waals surface area contributed by atoms with Crippen molar-refractivity contribution in [3.8, 4) is 11.4 Å². The van der Waals surface area contributed by atoms with Gasteiger partial charge in [-0.3, -0.25) is 4.79 Å². The van der Waals surface area contributed by atoms with Gasteiger partial charge in [0.2, 0.25) is 10.0 Å². The number of carbonyl (C=O) groups excluding carboxylic acids is 1. The van der Waals surface area contributed by atoms with E-state index in [1.165, 1.54) is 31.4 Å². The van der Waals surface area contributed by atoms with Crippen molar-refractivity contribution >= 4 is 21.6 Å². The molecule has 2 aromatic carbocycles. The van der Waals surface area contributed by atoms with Gasteiger partial charge in [-0.25, -0.2) is 17.8 Å². The summed E-state index contributed by atoms with van der Waals surface area (Å²) in [6.07, 6.45) is 1.62. The summed E-state index contributed by atoms with van der Waals surface area (Å²) in [6.45, 7) is 3.49. The largest absolute Gasteiger partial charge is 0.493 e. The first-order valence-corrected chi connectivity index (χ1v) is 10.4. The van der Waals surface area contributed by atoms with Crippen LogP contribution >= 0.6 is 0 Å². The number of rotatable bonds is 7. The molecule has 0 unspecified atom stereocenters. The molecule has 8 nitrogen and oxygen atoms in total. The summed E-state index contributed by atoms with van der Waals surface area (Å²) in [7, 11) is -2.13. The second-order valence-corrected chi connectivity index (χ2v) is 8.29. The van der Waals surface area contributed by atoms with Crippen LogP contribution in [0, 0.1) is 0 Å². The minimum Gasteiger partial charge on any atom is -0.493 e. The number of anilines is 1. The highest BCUT2D eigenvalue weighted by atomic mass is 32.2. The monoisotopic (exact) mass is 414 g/mol. The lowest BCUT2D eigenvalue weighted by molar-refractivity contribution is 0.101. The molecule has 0 atom stereocenters. The average molecular weight is 414 g/mol. The number of ether oxygens (including phenoxy) is 1. The third kappa shape index (κ3) is 4.82. The Labute approximate surface area is 169 Å². The Morgan fingerprint density at radius 3 is 2.31 bits per heavy atom.